The van der Waals surface area contributed by atoms with Crippen LogP contribution in [-0.2, 0) is 6.54 Å². The second-order valence-electron chi connectivity index (χ2n) is 6.50. The van der Waals surface area contributed by atoms with Crippen LogP contribution in [0.1, 0.15) is 32.7 Å². The van der Waals surface area contributed by atoms with E-state index in [1.807, 2.05) is 57.2 Å². The molecule has 2 N–H and O–H groups in total. The van der Waals surface area contributed by atoms with E-state index < -0.39 is 0 Å². The molecule has 3 aromatic rings. The molecular weight excluding hydrogens is 360 g/mol. The van der Waals surface area contributed by atoms with Gasteiger partial charge in [0.1, 0.15) is 5.69 Å². The summed E-state index contributed by atoms with van der Waals surface area (Å²) < 4.78 is 0. The first kappa shape index (κ1) is 18.9. The zero-order valence-electron chi connectivity index (χ0n) is 15.5. The SMILES string of the molecule is Cc1ccc(CNC(=O)c2ccnc(Nc3c(C)cc(C)cc3Cl)n2)cc1. The number of nitrogens with zero attached hydrogens (tertiary/aromatic N) is 2. The van der Waals surface area contributed by atoms with Gasteiger partial charge in [0, 0.05) is 12.7 Å². The Labute approximate surface area is 163 Å². The number of halogens is 1. The Morgan fingerprint density at radius 3 is 2.48 bits per heavy atom. The van der Waals surface area contributed by atoms with Gasteiger partial charge in [-0.15, -0.1) is 0 Å². The van der Waals surface area contributed by atoms with Crippen LogP contribution in [-0.4, -0.2) is 15.9 Å². The Kier molecular flexibility index (Phi) is 5.72. The fourth-order valence-corrected chi connectivity index (χ4v) is 3.08. The van der Waals surface area contributed by atoms with E-state index in [1.165, 1.54) is 5.56 Å². The Bertz CT molecular complexity index is 947. The maximum absolute atomic E-state index is 12.4. The van der Waals surface area contributed by atoms with Gasteiger partial charge in [0.05, 0.1) is 10.7 Å². The highest BCUT2D eigenvalue weighted by Crippen LogP contribution is 2.29. The smallest absolute Gasteiger partial charge is 0.270 e. The van der Waals surface area contributed by atoms with Crippen molar-refractivity contribution in [2.45, 2.75) is 27.3 Å². The van der Waals surface area contributed by atoms with E-state index in [4.69, 9.17) is 11.6 Å². The van der Waals surface area contributed by atoms with Crippen LogP contribution < -0.4 is 10.6 Å². The van der Waals surface area contributed by atoms with E-state index in [2.05, 4.69) is 20.6 Å². The summed E-state index contributed by atoms with van der Waals surface area (Å²) in [5.41, 5.74) is 5.30. The van der Waals surface area contributed by atoms with Crippen LogP contribution >= 0.6 is 11.6 Å². The van der Waals surface area contributed by atoms with E-state index >= 15 is 0 Å². The normalized spacial score (nSPS) is 10.5. The summed E-state index contributed by atoms with van der Waals surface area (Å²) in [6, 6.07) is 13.5. The molecule has 5 nitrogen and oxygen atoms in total. The molecule has 0 aliphatic carbocycles. The molecule has 27 heavy (non-hydrogen) atoms. The van der Waals surface area contributed by atoms with Gasteiger partial charge in [-0.2, -0.15) is 0 Å². The first-order valence-electron chi connectivity index (χ1n) is 8.63. The summed E-state index contributed by atoms with van der Waals surface area (Å²) in [5.74, 6) is 0.0691. The number of carbonyl (C=O) groups is 1. The number of hydrogen-bond acceptors (Lipinski definition) is 4. The van der Waals surface area contributed by atoms with Crippen molar-refractivity contribution in [2.75, 3.05) is 5.32 Å². The van der Waals surface area contributed by atoms with E-state index in [-0.39, 0.29) is 5.91 Å². The Balaban J connectivity index is 1.71. The van der Waals surface area contributed by atoms with Gasteiger partial charge in [0.2, 0.25) is 5.95 Å². The van der Waals surface area contributed by atoms with Crippen molar-refractivity contribution >= 4 is 29.1 Å². The second kappa shape index (κ2) is 8.18. The van der Waals surface area contributed by atoms with E-state index in [0.29, 0.717) is 23.2 Å². The molecule has 1 heterocycles. The average Bonchev–Trinajstić information content (AvgIpc) is 2.64. The van der Waals surface area contributed by atoms with Gasteiger partial charge in [-0.05, 0) is 49.6 Å². The van der Waals surface area contributed by atoms with Crippen LogP contribution in [0.2, 0.25) is 5.02 Å². The summed E-state index contributed by atoms with van der Waals surface area (Å²) in [4.78, 5) is 20.9. The maximum Gasteiger partial charge on any atom is 0.270 e. The monoisotopic (exact) mass is 380 g/mol. The fourth-order valence-electron chi connectivity index (χ4n) is 2.71. The van der Waals surface area contributed by atoms with Crippen molar-refractivity contribution in [2.24, 2.45) is 0 Å². The van der Waals surface area contributed by atoms with Gasteiger partial charge in [0.15, 0.2) is 0 Å². The van der Waals surface area contributed by atoms with Crippen molar-refractivity contribution < 1.29 is 4.79 Å². The number of anilines is 2. The lowest BCUT2D eigenvalue weighted by Gasteiger charge is -2.12. The molecule has 3 rings (SSSR count). The number of aromatic nitrogens is 2. The van der Waals surface area contributed by atoms with E-state index in [1.54, 1.807) is 12.3 Å². The number of rotatable bonds is 5. The van der Waals surface area contributed by atoms with E-state index in [0.717, 1.165) is 22.4 Å². The molecule has 0 aliphatic rings. The highest BCUT2D eigenvalue weighted by Gasteiger charge is 2.11. The topological polar surface area (TPSA) is 66.9 Å². The van der Waals surface area contributed by atoms with Crippen molar-refractivity contribution in [3.63, 3.8) is 0 Å². The van der Waals surface area contributed by atoms with E-state index in [9.17, 15) is 4.79 Å². The highest BCUT2D eigenvalue weighted by atomic mass is 35.5. The molecule has 0 atom stereocenters. The first-order chi connectivity index (χ1) is 12.9. The zero-order chi connectivity index (χ0) is 19.4. The maximum atomic E-state index is 12.4. The van der Waals surface area contributed by atoms with Crippen molar-refractivity contribution in [3.05, 3.63) is 81.6 Å². The molecule has 0 unspecified atom stereocenters. The minimum Gasteiger partial charge on any atom is -0.347 e. The van der Waals surface area contributed by atoms with Crippen molar-refractivity contribution in [1.82, 2.24) is 15.3 Å². The molecule has 138 valence electrons. The molecule has 1 aromatic heterocycles. The summed E-state index contributed by atoms with van der Waals surface area (Å²) in [7, 11) is 0. The first-order valence-corrected chi connectivity index (χ1v) is 9.01. The molecule has 0 aliphatic heterocycles. The lowest BCUT2D eigenvalue weighted by Crippen LogP contribution is -2.24. The number of benzene rings is 2. The summed E-state index contributed by atoms with van der Waals surface area (Å²) in [6.45, 7) is 6.41. The van der Waals surface area contributed by atoms with Gasteiger partial charge in [-0.1, -0.05) is 47.5 Å². The third-order valence-corrected chi connectivity index (χ3v) is 4.43. The fraction of sp³-hybridized carbons (Fsp3) is 0.190. The predicted octanol–water partition coefficient (Wildman–Crippen LogP) is 4.73. The Hall–Kier alpha value is -2.92. The van der Waals surface area contributed by atoms with Crippen LogP contribution in [0.15, 0.2) is 48.7 Å². The lowest BCUT2D eigenvalue weighted by atomic mass is 10.1. The second-order valence-corrected chi connectivity index (χ2v) is 6.90. The average molecular weight is 381 g/mol. The number of amides is 1. The quantitative estimate of drug-likeness (QED) is 0.671. The highest BCUT2D eigenvalue weighted by molar-refractivity contribution is 6.33. The Morgan fingerprint density at radius 2 is 1.78 bits per heavy atom. The van der Waals surface area contributed by atoms with Crippen LogP contribution in [0, 0.1) is 20.8 Å². The largest absolute Gasteiger partial charge is 0.347 e. The predicted molar refractivity (Wildman–Crippen MR) is 109 cm³/mol. The van der Waals surface area contributed by atoms with Crippen LogP contribution in [0.4, 0.5) is 11.6 Å². The molecule has 0 bridgehead atoms. The van der Waals surface area contributed by atoms with Gasteiger partial charge in [-0.25, -0.2) is 9.97 Å². The van der Waals surface area contributed by atoms with Crippen LogP contribution in [0.25, 0.3) is 0 Å². The third kappa shape index (κ3) is 4.83. The molecule has 0 radical (unpaired) electrons. The summed E-state index contributed by atoms with van der Waals surface area (Å²) in [6.07, 6.45) is 1.55. The van der Waals surface area contributed by atoms with Crippen molar-refractivity contribution in [3.8, 4) is 0 Å². The molecule has 2 aromatic carbocycles. The molecule has 0 saturated carbocycles. The van der Waals surface area contributed by atoms with Crippen molar-refractivity contribution in [1.29, 1.82) is 0 Å². The molecule has 0 saturated heterocycles. The number of hydrogen-bond donors (Lipinski definition) is 2. The minimum atomic E-state index is -0.257. The Morgan fingerprint density at radius 1 is 1.04 bits per heavy atom. The molecule has 1 amide bonds. The minimum absolute atomic E-state index is 0.257. The third-order valence-electron chi connectivity index (χ3n) is 4.13. The summed E-state index contributed by atoms with van der Waals surface area (Å²) >= 11 is 6.32. The number of carbonyl (C=O) groups excluding carboxylic acids is 1. The molecule has 6 heteroatoms. The van der Waals surface area contributed by atoms with Gasteiger partial charge in [-0.3, -0.25) is 4.79 Å². The van der Waals surface area contributed by atoms with Gasteiger partial charge < -0.3 is 10.6 Å². The molecule has 0 fully saturated rings. The lowest BCUT2D eigenvalue weighted by molar-refractivity contribution is 0.0946. The van der Waals surface area contributed by atoms with Gasteiger partial charge in [0.25, 0.3) is 5.91 Å². The molecular formula is C21H21ClN4O. The zero-order valence-corrected chi connectivity index (χ0v) is 16.3. The summed E-state index contributed by atoms with van der Waals surface area (Å²) in [5, 5.41) is 6.57. The standard InChI is InChI=1S/C21H21ClN4O/c1-13-4-6-16(7-5-13)12-24-20(27)18-8-9-23-21(25-18)26-19-15(3)10-14(2)11-17(19)22/h4-11H,12H2,1-3H3,(H,24,27)(H,23,25,26). The molecule has 0 spiro atoms. The number of nitrogens with one attached hydrogen (secondary N) is 2. The number of aryl methyl sites for hydroxylation is 3. The van der Waals surface area contributed by atoms with Crippen LogP contribution in [0.5, 0.6) is 0 Å². The van der Waals surface area contributed by atoms with Crippen LogP contribution in [0.3, 0.4) is 0 Å². The van der Waals surface area contributed by atoms with Gasteiger partial charge >= 0.3 is 0 Å².